The van der Waals surface area contributed by atoms with Gasteiger partial charge in [0.1, 0.15) is 0 Å². The number of benzene rings is 3. The number of hydrogen-bond donors (Lipinski definition) is 0. The second-order valence-electron chi connectivity index (χ2n) is 5.30. The zero-order valence-electron chi connectivity index (χ0n) is 12.5. The molecule has 0 atom stereocenters. The minimum absolute atomic E-state index is 0.479. The highest BCUT2D eigenvalue weighted by Crippen LogP contribution is 2.33. The highest BCUT2D eigenvalue weighted by atomic mass is 31.1. The monoisotopic (exact) mass is 290 g/mol. The van der Waals surface area contributed by atoms with Crippen LogP contribution in [0.25, 0.3) is 0 Å². The average molecular weight is 290 g/mol. The van der Waals surface area contributed by atoms with Crippen molar-refractivity contribution in [2.24, 2.45) is 0 Å². The van der Waals surface area contributed by atoms with Gasteiger partial charge in [-0.2, -0.15) is 0 Å². The van der Waals surface area contributed by atoms with E-state index < -0.39 is 7.92 Å². The zero-order valence-corrected chi connectivity index (χ0v) is 13.3. The molecule has 0 aliphatic carbocycles. The predicted molar refractivity (Wildman–Crippen MR) is 94.6 cm³/mol. The van der Waals surface area contributed by atoms with Crippen LogP contribution >= 0.6 is 7.92 Å². The van der Waals surface area contributed by atoms with Gasteiger partial charge in [0.25, 0.3) is 0 Å². The Bertz CT molecular complexity index is 678. The van der Waals surface area contributed by atoms with Gasteiger partial charge < -0.3 is 0 Å². The number of rotatable bonds is 3. The summed E-state index contributed by atoms with van der Waals surface area (Å²) < 4.78 is 0. The van der Waals surface area contributed by atoms with E-state index in [1.54, 1.807) is 0 Å². The van der Waals surface area contributed by atoms with E-state index in [2.05, 4.69) is 92.7 Å². The van der Waals surface area contributed by atoms with Crippen molar-refractivity contribution < 1.29 is 0 Å². The Morgan fingerprint density at radius 1 is 0.619 bits per heavy atom. The molecular weight excluding hydrogens is 271 g/mol. The molecule has 3 aromatic carbocycles. The molecule has 104 valence electrons. The largest absolute Gasteiger partial charge is 0.0622 e. The third kappa shape index (κ3) is 3.06. The SMILES string of the molecule is Cc1ccc(P(c2ccccc2)c2ccccc2)c(C)c1. The topological polar surface area (TPSA) is 0 Å². The fourth-order valence-electron chi connectivity index (χ4n) is 2.64. The highest BCUT2D eigenvalue weighted by Gasteiger charge is 2.17. The van der Waals surface area contributed by atoms with Crippen LogP contribution in [0.1, 0.15) is 11.1 Å². The maximum atomic E-state index is 2.30. The molecule has 0 radical (unpaired) electrons. The van der Waals surface area contributed by atoms with Crippen LogP contribution in [0, 0.1) is 13.8 Å². The van der Waals surface area contributed by atoms with E-state index in [-0.39, 0.29) is 0 Å². The van der Waals surface area contributed by atoms with Crippen LogP contribution in [-0.2, 0) is 0 Å². The molecule has 21 heavy (non-hydrogen) atoms. The van der Waals surface area contributed by atoms with Crippen molar-refractivity contribution in [2.45, 2.75) is 13.8 Å². The van der Waals surface area contributed by atoms with E-state index >= 15 is 0 Å². The standard InChI is InChI=1S/C20H19P/c1-16-13-14-20(17(2)15-16)21(18-9-5-3-6-10-18)19-11-7-4-8-12-19/h3-15H,1-2H3. The first-order chi connectivity index (χ1) is 10.3. The van der Waals surface area contributed by atoms with E-state index in [1.807, 2.05) is 0 Å². The lowest BCUT2D eigenvalue weighted by Crippen LogP contribution is -2.22. The van der Waals surface area contributed by atoms with Crippen LogP contribution in [0.5, 0.6) is 0 Å². The molecule has 3 rings (SSSR count). The first-order valence-electron chi connectivity index (χ1n) is 7.23. The zero-order chi connectivity index (χ0) is 14.7. The first-order valence-corrected chi connectivity index (χ1v) is 8.57. The molecule has 0 bridgehead atoms. The molecule has 0 aliphatic heterocycles. The average Bonchev–Trinajstić information content (AvgIpc) is 2.52. The van der Waals surface area contributed by atoms with Crippen molar-refractivity contribution in [3.8, 4) is 0 Å². The summed E-state index contributed by atoms with van der Waals surface area (Å²) in [5, 5.41) is 4.27. The Hall–Kier alpha value is -1.91. The van der Waals surface area contributed by atoms with Crippen LogP contribution in [0.15, 0.2) is 78.9 Å². The first kappa shape index (κ1) is 14.0. The summed E-state index contributed by atoms with van der Waals surface area (Å²) in [5.74, 6) is 0. The number of aryl methyl sites for hydroxylation is 2. The summed E-state index contributed by atoms with van der Waals surface area (Å²) in [7, 11) is -0.479. The van der Waals surface area contributed by atoms with Crippen molar-refractivity contribution >= 4 is 23.8 Å². The molecule has 0 nitrogen and oxygen atoms in total. The fraction of sp³-hybridized carbons (Fsp3) is 0.100. The molecule has 1 heteroatoms. The van der Waals surface area contributed by atoms with E-state index in [4.69, 9.17) is 0 Å². The van der Waals surface area contributed by atoms with Gasteiger partial charge in [0, 0.05) is 0 Å². The van der Waals surface area contributed by atoms with Crippen molar-refractivity contribution in [3.63, 3.8) is 0 Å². The molecule has 3 aromatic rings. The minimum Gasteiger partial charge on any atom is -0.0622 e. The summed E-state index contributed by atoms with van der Waals surface area (Å²) >= 11 is 0. The summed E-state index contributed by atoms with van der Waals surface area (Å²) in [6.45, 7) is 4.38. The van der Waals surface area contributed by atoms with Crippen molar-refractivity contribution in [1.29, 1.82) is 0 Å². The maximum absolute atomic E-state index is 2.30. The summed E-state index contributed by atoms with van der Waals surface area (Å²) in [4.78, 5) is 0. The molecule has 0 aromatic heterocycles. The van der Waals surface area contributed by atoms with Gasteiger partial charge >= 0.3 is 0 Å². The molecule has 0 amide bonds. The third-order valence-electron chi connectivity index (χ3n) is 3.62. The maximum Gasteiger partial charge on any atom is -0.0122 e. The van der Waals surface area contributed by atoms with E-state index in [0.717, 1.165) is 0 Å². The summed E-state index contributed by atoms with van der Waals surface area (Å²) in [5.41, 5.74) is 2.71. The summed E-state index contributed by atoms with van der Waals surface area (Å²) in [6.07, 6.45) is 0. The van der Waals surface area contributed by atoms with Crippen LogP contribution in [0.2, 0.25) is 0 Å². The summed E-state index contributed by atoms with van der Waals surface area (Å²) in [6, 6.07) is 28.5. The predicted octanol–water partition coefficient (Wildman–Crippen LogP) is 4.06. The van der Waals surface area contributed by atoms with Gasteiger partial charge in [0.05, 0.1) is 0 Å². The Balaban J connectivity index is 2.17. The van der Waals surface area contributed by atoms with E-state index in [9.17, 15) is 0 Å². The molecule has 0 heterocycles. The lowest BCUT2D eigenvalue weighted by molar-refractivity contribution is 1.41. The van der Waals surface area contributed by atoms with Crippen LogP contribution in [0.3, 0.4) is 0 Å². The lowest BCUT2D eigenvalue weighted by Gasteiger charge is -2.21. The van der Waals surface area contributed by atoms with Crippen molar-refractivity contribution in [2.75, 3.05) is 0 Å². The molecule has 0 spiro atoms. The fourth-order valence-corrected chi connectivity index (χ4v) is 5.07. The number of hydrogen-bond acceptors (Lipinski definition) is 0. The van der Waals surface area contributed by atoms with Gasteiger partial charge in [-0.3, -0.25) is 0 Å². The van der Waals surface area contributed by atoms with Gasteiger partial charge in [0.2, 0.25) is 0 Å². The molecule has 0 saturated heterocycles. The molecular formula is C20H19P. The van der Waals surface area contributed by atoms with Gasteiger partial charge in [-0.1, -0.05) is 84.4 Å². The molecule has 0 aliphatic rings. The van der Waals surface area contributed by atoms with Crippen LogP contribution in [0.4, 0.5) is 0 Å². The van der Waals surface area contributed by atoms with Gasteiger partial charge in [-0.05, 0) is 43.2 Å². The van der Waals surface area contributed by atoms with Crippen LogP contribution < -0.4 is 15.9 Å². The normalized spacial score (nSPS) is 10.8. The van der Waals surface area contributed by atoms with Gasteiger partial charge in [-0.25, -0.2) is 0 Å². The van der Waals surface area contributed by atoms with Gasteiger partial charge in [0.15, 0.2) is 0 Å². The Morgan fingerprint density at radius 2 is 1.14 bits per heavy atom. The second kappa shape index (κ2) is 6.24. The van der Waals surface area contributed by atoms with Crippen molar-refractivity contribution in [3.05, 3.63) is 90.0 Å². The minimum atomic E-state index is -0.479. The second-order valence-corrected chi connectivity index (χ2v) is 7.48. The molecule has 0 fully saturated rings. The van der Waals surface area contributed by atoms with Gasteiger partial charge in [-0.15, -0.1) is 0 Å². The Labute approximate surface area is 128 Å². The molecule has 0 saturated carbocycles. The van der Waals surface area contributed by atoms with Crippen molar-refractivity contribution in [1.82, 2.24) is 0 Å². The quantitative estimate of drug-likeness (QED) is 0.638. The molecule has 0 N–H and O–H groups in total. The lowest BCUT2D eigenvalue weighted by atomic mass is 10.2. The van der Waals surface area contributed by atoms with Crippen LogP contribution in [-0.4, -0.2) is 0 Å². The smallest absolute Gasteiger partial charge is 0.0122 e. The van der Waals surface area contributed by atoms with E-state index in [1.165, 1.54) is 27.0 Å². The Kier molecular flexibility index (Phi) is 4.18. The Morgan fingerprint density at radius 3 is 1.62 bits per heavy atom. The molecule has 0 unspecified atom stereocenters. The van der Waals surface area contributed by atoms with E-state index in [0.29, 0.717) is 0 Å². The highest BCUT2D eigenvalue weighted by molar-refractivity contribution is 7.79. The third-order valence-corrected chi connectivity index (χ3v) is 6.23.